The van der Waals surface area contributed by atoms with Gasteiger partial charge in [-0.05, 0) is 44.3 Å². The maximum Gasteiger partial charge on any atom is 0.135 e. The van der Waals surface area contributed by atoms with E-state index in [1.807, 2.05) is 12.1 Å². The van der Waals surface area contributed by atoms with E-state index >= 15 is 0 Å². The Kier molecular flexibility index (Phi) is 5.28. The quantitative estimate of drug-likeness (QED) is 0.766. The summed E-state index contributed by atoms with van der Waals surface area (Å²) in [4.78, 5) is 6.58. The van der Waals surface area contributed by atoms with E-state index < -0.39 is 0 Å². The van der Waals surface area contributed by atoms with Gasteiger partial charge in [-0.2, -0.15) is 0 Å². The first-order valence-electron chi connectivity index (χ1n) is 6.72. The fourth-order valence-corrected chi connectivity index (χ4v) is 3.00. The van der Waals surface area contributed by atoms with E-state index in [-0.39, 0.29) is 0 Å². The lowest BCUT2D eigenvalue weighted by molar-refractivity contribution is 0.272. The molecule has 2 nitrogen and oxygen atoms in total. The molecule has 1 saturated heterocycles. The van der Waals surface area contributed by atoms with Crippen molar-refractivity contribution >= 4 is 23.2 Å². The number of likely N-dealkylation sites (tertiary alicyclic amines) is 1. The highest BCUT2D eigenvalue weighted by Crippen LogP contribution is 2.23. The fourth-order valence-electron chi connectivity index (χ4n) is 2.59. The summed E-state index contributed by atoms with van der Waals surface area (Å²) in [6.07, 6.45) is 5.25. The molecular formula is C14H20Cl2N2. The summed E-state index contributed by atoms with van der Waals surface area (Å²) >= 11 is 11.9. The van der Waals surface area contributed by atoms with Crippen LogP contribution in [0, 0.1) is 5.92 Å². The van der Waals surface area contributed by atoms with Crippen molar-refractivity contribution in [3.8, 4) is 0 Å². The molecule has 1 aromatic rings. The Morgan fingerprint density at radius 1 is 1.28 bits per heavy atom. The van der Waals surface area contributed by atoms with Crippen LogP contribution in [0.3, 0.4) is 0 Å². The van der Waals surface area contributed by atoms with E-state index in [2.05, 4.69) is 16.8 Å². The molecule has 18 heavy (non-hydrogen) atoms. The van der Waals surface area contributed by atoms with E-state index in [1.54, 1.807) is 0 Å². The Hall–Kier alpha value is -0.310. The molecule has 1 fully saturated rings. The fraction of sp³-hybridized carbons (Fsp3) is 0.643. The Morgan fingerprint density at radius 3 is 2.83 bits per heavy atom. The molecule has 0 aliphatic carbocycles. The third-order valence-corrected chi connectivity index (χ3v) is 4.34. The Balaban J connectivity index is 1.96. The van der Waals surface area contributed by atoms with Gasteiger partial charge >= 0.3 is 0 Å². The van der Waals surface area contributed by atoms with E-state index in [0.29, 0.717) is 10.3 Å². The minimum atomic E-state index is 0.464. The lowest BCUT2D eigenvalue weighted by atomic mass is 9.98. The topological polar surface area (TPSA) is 16.1 Å². The van der Waals surface area contributed by atoms with Gasteiger partial charge in [0.1, 0.15) is 10.3 Å². The van der Waals surface area contributed by atoms with Gasteiger partial charge in [-0.1, -0.05) is 42.6 Å². The van der Waals surface area contributed by atoms with Crippen LogP contribution < -0.4 is 0 Å². The molecule has 2 rings (SSSR count). The molecule has 0 aromatic carbocycles. The van der Waals surface area contributed by atoms with Crippen LogP contribution in [0.4, 0.5) is 0 Å². The van der Waals surface area contributed by atoms with Crippen molar-refractivity contribution in [2.45, 2.75) is 39.2 Å². The molecular weight excluding hydrogens is 267 g/mol. The highest BCUT2D eigenvalue weighted by atomic mass is 35.5. The molecule has 0 N–H and O–H groups in total. The van der Waals surface area contributed by atoms with Gasteiger partial charge in [0, 0.05) is 12.1 Å². The number of aromatic nitrogens is 1. The smallest absolute Gasteiger partial charge is 0.135 e. The molecule has 1 unspecified atom stereocenters. The van der Waals surface area contributed by atoms with Gasteiger partial charge in [0.05, 0.1) is 0 Å². The van der Waals surface area contributed by atoms with Crippen LogP contribution >= 0.6 is 23.2 Å². The minimum Gasteiger partial charge on any atom is -0.299 e. The molecule has 1 aliphatic rings. The first-order valence-corrected chi connectivity index (χ1v) is 7.48. The molecule has 2 heterocycles. The summed E-state index contributed by atoms with van der Waals surface area (Å²) in [5.74, 6) is 0.897. The molecule has 0 bridgehead atoms. The van der Waals surface area contributed by atoms with Crippen LogP contribution in [-0.4, -0.2) is 23.0 Å². The van der Waals surface area contributed by atoms with Gasteiger partial charge < -0.3 is 0 Å². The van der Waals surface area contributed by atoms with Crippen LogP contribution in [0.25, 0.3) is 0 Å². The summed E-state index contributed by atoms with van der Waals surface area (Å²) in [6.45, 7) is 5.51. The predicted octanol–water partition coefficient (Wildman–Crippen LogP) is 4.40. The zero-order chi connectivity index (χ0) is 13.0. The second kappa shape index (κ2) is 6.74. The number of rotatable bonds is 3. The molecule has 4 heteroatoms. The van der Waals surface area contributed by atoms with Crippen molar-refractivity contribution in [2.24, 2.45) is 5.92 Å². The van der Waals surface area contributed by atoms with Crippen LogP contribution in [0.2, 0.25) is 10.3 Å². The van der Waals surface area contributed by atoms with Gasteiger partial charge in [-0.15, -0.1) is 0 Å². The van der Waals surface area contributed by atoms with E-state index in [1.165, 1.54) is 25.7 Å². The number of hydrogen-bond acceptors (Lipinski definition) is 2. The summed E-state index contributed by atoms with van der Waals surface area (Å²) in [5, 5.41) is 1.00. The number of pyridine rings is 1. The maximum absolute atomic E-state index is 6.12. The molecule has 100 valence electrons. The normalized spacial score (nSPS) is 21.8. The highest BCUT2D eigenvalue weighted by molar-refractivity contribution is 6.32. The SMILES string of the molecule is CCC1CCCN(Cc2ccc(Cl)nc2Cl)CC1. The van der Waals surface area contributed by atoms with Gasteiger partial charge in [0.2, 0.25) is 0 Å². The van der Waals surface area contributed by atoms with Gasteiger partial charge in [-0.3, -0.25) is 4.90 Å². The van der Waals surface area contributed by atoms with Crippen molar-refractivity contribution in [3.05, 3.63) is 28.0 Å². The molecule has 0 saturated carbocycles. The Morgan fingerprint density at radius 2 is 2.11 bits per heavy atom. The predicted molar refractivity (Wildman–Crippen MR) is 77.2 cm³/mol. The average molecular weight is 287 g/mol. The highest BCUT2D eigenvalue weighted by Gasteiger charge is 2.16. The molecule has 1 aromatic heterocycles. The molecule has 1 atom stereocenters. The van der Waals surface area contributed by atoms with Crippen LogP contribution in [-0.2, 0) is 6.54 Å². The standard InChI is InChI=1S/C14H20Cl2N2/c1-2-11-4-3-8-18(9-7-11)10-12-5-6-13(15)17-14(12)16/h5-6,11H,2-4,7-10H2,1H3. The largest absolute Gasteiger partial charge is 0.299 e. The summed E-state index contributed by atoms with van der Waals surface area (Å²) < 4.78 is 0. The monoisotopic (exact) mass is 286 g/mol. The third kappa shape index (κ3) is 3.84. The maximum atomic E-state index is 6.12. The number of nitrogens with zero attached hydrogens (tertiary/aromatic N) is 2. The molecule has 0 amide bonds. The first-order chi connectivity index (χ1) is 8.69. The van der Waals surface area contributed by atoms with Crippen LogP contribution in [0.15, 0.2) is 12.1 Å². The number of halogens is 2. The van der Waals surface area contributed by atoms with Crippen molar-refractivity contribution in [1.29, 1.82) is 0 Å². The van der Waals surface area contributed by atoms with Crippen molar-refractivity contribution in [2.75, 3.05) is 13.1 Å². The van der Waals surface area contributed by atoms with Crippen LogP contribution in [0.1, 0.15) is 38.2 Å². The average Bonchev–Trinajstić information content (AvgIpc) is 2.58. The lowest BCUT2D eigenvalue weighted by Gasteiger charge is -2.20. The zero-order valence-corrected chi connectivity index (χ0v) is 12.3. The summed E-state index contributed by atoms with van der Waals surface area (Å²) in [5.41, 5.74) is 1.08. The Bertz CT molecular complexity index is 395. The van der Waals surface area contributed by atoms with Crippen molar-refractivity contribution in [1.82, 2.24) is 9.88 Å². The van der Waals surface area contributed by atoms with Crippen molar-refractivity contribution < 1.29 is 0 Å². The minimum absolute atomic E-state index is 0.464. The van der Waals surface area contributed by atoms with Crippen LogP contribution in [0.5, 0.6) is 0 Å². The summed E-state index contributed by atoms with van der Waals surface area (Å²) in [6, 6.07) is 3.80. The lowest BCUT2D eigenvalue weighted by Crippen LogP contribution is -2.24. The van der Waals surface area contributed by atoms with E-state index in [9.17, 15) is 0 Å². The zero-order valence-electron chi connectivity index (χ0n) is 10.8. The summed E-state index contributed by atoms with van der Waals surface area (Å²) in [7, 11) is 0. The number of hydrogen-bond donors (Lipinski definition) is 0. The van der Waals surface area contributed by atoms with E-state index in [4.69, 9.17) is 23.2 Å². The first kappa shape index (κ1) is 14.1. The second-order valence-electron chi connectivity index (χ2n) is 5.07. The van der Waals surface area contributed by atoms with E-state index in [0.717, 1.165) is 31.1 Å². The Labute approximate surface area is 119 Å². The molecule has 0 spiro atoms. The molecule has 1 aliphatic heterocycles. The third-order valence-electron chi connectivity index (χ3n) is 3.80. The van der Waals surface area contributed by atoms with Gasteiger partial charge in [0.25, 0.3) is 0 Å². The van der Waals surface area contributed by atoms with Crippen molar-refractivity contribution in [3.63, 3.8) is 0 Å². The van der Waals surface area contributed by atoms with Gasteiger partial charge in [-0.25, -0.2) is 4.98 Å². The molecule has 0 radical (unpaired) electrons. The second-order valence-corrected chi connectivity index (χ2v) is 5.81. The van der Waals surface area contributed by atoms with Gasteiger partial charge in [0.15, 0.2) is 0 Å².